The van der Waals surface area contributed by atoms with Crippen molar-refractivity contribution in [2.45, 2.75) is 6.54 Å². The second-order valence-corrected chi connectivity index (χ2v) is 6.08. The summed E-state index contributed by atoms with van der Waals surface area (Å²) in [6, 6.07) is 7.40. The molecule has 0 unspecified atom stereocenters. The van der Waals surface area contributed by atoms with Crippen LogP contribution in [-0.2, 0) is 13.6 Å². The predicted octanol–water partition coefficient (Wildman–Crippen LogP) is 3.00. The van der Waals surface area contributed by atoms with Crippen LogP contribution in [0.2, 0.25) is 5.02 Å². The molecule has 0 fully saturated rings. The van der Waals surface area contributed by atoms with E-state index >= 15 is 0 Å². The van der Waals surface area contributed by atoms with E-state index in [1.54, 1.807) is 11.4 Å². The summed E-state index contributed by atoms with van der Waals surface area (Å²) in [6.45, 7) is 0.586. The quantitative estimate of drug-likeness (QED) is 0.776. The number of halogens is 1. The number of primary amides is 1. The van der Waals surface area contributed by atoms with Crippen LogP contribution >= 0.6 is 22.9 Å². The number of thiophene rings is 1. The summed E-state index contributed by atoms with van der Waals surface area (Å²) in [5, 5.41) is 5.68. The first kappa shape index (κ1) is 13.9. The third-order valence-corrected chi connectivity index (χ3v) is 4.37. The number of nitrogens with zero attached hydrogens (tertiary/aromatic N) is 2. The molecule has 0 aliphatic heterocycles. The first-order valence-electron chi connectivity index (χ1n) is 6.27. The second-order valence-electron chi connectivity index (χ2n) is 4.65. The number of amides is 1. The maximum absolute atomic E-state index is 11.1. The Morgan fingerprint density at radius 2 is 2.29 bits per heavy atom. The smallest absolute Gasteiger partial charge is 0.249 e. The van der Waals surface area contributed by atoms with Crippen LogP contribution in [0.3, 0.4) is 0 Å². The van der Waals surface area contributed by atoms with Crippen molar-refractivity contribution in [2.75, 3.05) is 5.32 Å². The van der Waals surface area contributed by atoms with Crippen LogP contribution in [0.1, 0.15) is 15.2 Å². The first-order valence-corrected chi connectivity index (χ1v) is 7.53. The maximum atomic E-state index is 11.1. The largest absolute Gasteiger partial charge is 0.366 e. The molecule has 3 N–H and O–H groups in total. The monoisotopic (exact) mass is 320 g/mol. The molecule has 0 atom stereocenters. The van der Waals surface area contributed by atoms with Gasteiger partial charge in [0.2, 0.25) is 11.9 Å². The first-order chi connectivity index (χ1) is 10.0. The summed E-state index contributed by atoms with van der Waals surface area (Å²) in [5.41, 5.74) is 7.63. The summed E-state index contributed by atoms with van der Waals surface area (Å²) in [7, 11) is 1.94. The fraction of sp³-hybridized carbons (Fsp3) is 0.143. The van der Waals surface area contributed by atoms with Crippen LogP contribution in [0, 0.1) is 0 Å². The summed E-state index contributed by atoms with van der Waals surface area (Å²) in [5.74, 6) is 0.344. The van der Waals surface area contributed by atoms with Gasteiger partial charge in [0.25, 0.3) is 0 Å². The van der Waals surface area contributed by atoms with Crippen molar-refractivity contribution in [3.05, 3.63) is 45.1 Å². The molecule has 0 saturated heterocycles. The highest BCUT2D eigenvalue weighted by Gasteiger charge is 2.09. The molecule has 0 spiro atoms. The van der Waals surface area contributed by atoms with Crippen molar-refractivity contribution < 1.29 is 4.79 Å². The van der Waals surface area contributed by atoms with E-state index in [1.165, 1.54) is 11.3 Å². The van der Waals surface area contributed by atoms with Crippen LogP contribution in [-0.4, -0.2) is 15.5 Å². The fourth-order valence-electron chi connectivity index (χ4n) is 2.10. The van der Waals surface area contributed by atoms with Crippen LogP contribution in [0.15, 0.2) is 29.6 Å². The molecule has 1 amide bonds. The van der Waals surface area contributed by atoms with Gasteiger partial charge in [-0.1, -0.05) is 11.6 Å². The molecule has 21 heavy (non-hydrogen) atoms. The van der Waals surface area contributed by atoms with E-state index in [-0.39, 0.29) is 0 Å². The van der Waals surface area contributed by atoms with Crippen LogP contribution in [0.5, 0.6) is 0 Å². The number of anilines is 1. The molecule has 7 heteroatoms. The van der Waals surface area contributed by atoms with E-state index < -0.39 is 5.91 Å². The van der Waals surface area contributed by atoms with Crippen molar-refractivity contribution >= 4 is 45.8 Å². The van der Waals surface area contributed by atoms with Crippen LogP contribution in [0.25, 0.3) is 11.0 Å². The Bertz CT molecular complexity index is 824. The average molecular weight is 321 g/mol. The molecule has 0 bridgehead atoms. The lowest BCUT2D eigenvalue weighted by Gasteiger charge is -2.04. The number of fused-ring (bicyclic) bond motifs is 1. The van der Waals surface area contributed by atoms with Crippen LogP contribution in [0.4, 0.5) is 5.95 Å². The highest BCUT2D eigenvalue weighted by molar-refractivity contribution is 7.10. The van der Waals surface area contributed by atoms with E-state index in [0.717, 1.165) is 21.9 Å². The minimum absolute atomic E-state index is 0.408. The molecule has 108 valence electrons. The van der Waals surface area contributed by atoms with Crippen molar-refractivity contribution in [1.82, 2.24) is 9.55 Å². The fourth-order valence-corrected chi connectivity index (χ4v) is 3.08. The molecule has 0 radical (unpaired) electrons. The summed E-state index contributed by atoms with van der Waals surface area (Å²) < 4.78 is 1.97. The number of carbonyl (C=O) groups is 1. The number of rotatable bonds is 4. The van der Waals surface area contributed by atoms with Gasteiger partial charge >= 0.3 is 0 Å². The van der Waals surface area contributed by atoms with E-state index in [4.69, 9.17) is 17.3 Å². The van der Waals surface area contributed by atoms with Crippen molar-refractivity contribution in [3.63, 3.8) is 0 Å². The van der Waals surface area contributed by atoms with Gasteiger partial charge in [0.05, 0.1) is 23.1 Å². The molecule has 3 rings (SSSR count). The minimum atomic E-state index is -0.408. The molecular weight excluding hydrogens is 308 g/mol. The Morgan fingerprint density at radius 1 is 1.48 bits per heavy atom. The van der Waals surface area contributed by atoms with Gasteiger partial charge in [-0.2, -0.15) is 0 Å². The Kier molecular flexibility index (Phi) is 3.57. The molecule has 2 aromatic heterocycles. The Labute approximate surface area is 130 Å². The van der Waals surface area contributed by atoms with Crippen LogP contribution < -0.4 is 11.1 Å². The lowest BCUT2D eigenvalue weighted by molar-refractivity contribution is 0.100. The molecule has 1 aromatic carbocycles. The highest BCUT2D eigenvalue weighted by Crippen LogP contribution is 2.23. The normalized spacial score (nSPS) is 11.0. The van der Waals surface area contributed by atoms with Crippen molar-refractivity contribution in [3.8, 4) is 0 Å². The van der Waals surface area contributed by atoms with Gasteiger partial charge in [-0.25, -0.2) is 4.98 Å². The van der Waals surface area contributed by atoms with Crippen molar-refractivity contribution in [1.29, 1.82) is 0 Å². The number of imidazole rings is 1. The Balaban J connectivity index is 1.81. The second kappa shape index (κ2) is 5.38. The minimum Gasteiger partial charge on any atom is -0.366 e. The summed E-state index contributed by atoms with van der Waals surface area (Å²) in [6.07, 6.45) is 0. The van der Waals surface area contributed by atoms with E-state index in [1.807, 2.05) is 29.8 Å². The zero-order valence-electron chi connectivity index (χ0n) is 11.3. The van der Waals surface area contributed by atoms with Gasteiger partial charge in [-0.3, -0.25) is 4.79 Å². The number of nitrogens with two attached hydrogens (primary N) is 1. The van der Waals surface area contributed by atoms with Gasteiger partial charge in [0.1, 0.15) is 0 Å². The number of carbonyl (C=O) groups excluding carboxylic acids is 1. The van der Waals surface area contributed by atoms with Crippen molar-refractivity contribution in [2.24, 2.45) is 12.8 Å². The SMILES string of the molecule is Cn1c(NCc2cc(C(N)=O)cs2)nc2cc(Cl)ccc21. The topological polar surface area (TPSA) is 72.9 Å². The summed E-state index contributed by atoms with van der Waals surface area (Å²) >= 11 is 7.46. The van der Waals surface area contributed by atoms with Gasteiger partial charge in [0.15, 0.2) is 0 Å². The van der Waals surface area contributed by atoms with Gasteiger partial charge < -0.3 is 15.6 Å². The number of hydrogen-bond donors (Lipinski definition) is 2. The third-order valence-electron chi connectivity index (χ3n) is 3.20. The van der Waals surface area contributed by atoms with E-state index in [2.05, 4.69) is 10.3 Å². The molecular formula is C14H13ClN4OS. The van der Waals surface area contributed by atoms with Gasteiger partial charge in [0, 0.05) is 22.3 Å². The number of aryl methyl sites for hydroxylation is 1. The highest BCUT2D eigenvalue weighted by atomic mass is 35.5. The molecule has 0 aliphatic rings. The number of aromatic nitrogens is 2. The predicted molar refractivity (Wildman–Crippen MR) is 85.9 cm³/mol. The zero-order valence-corrected chi connectivity index (χ0v) is 12.8. The molecule has 0 aliphatic carbocycles. The van der Waals surface area contributed by atoms with E-state index in [0.29, 0.717) is 17.1 Å². The lowest BCUT2D eigenvalue weighted by Crippen LogP contribution is -2.09. The molecule has 5 nitrogen and oxygen atoms in total. The number of benzene rings is 1. The molecule has 0 saturated carbocycles. The Morgan fingerprint density at radius 3 is 3.00 bits per heavy atom. The summed E-state index contributed by atoms with van der Waals surface area (Å²) in [4.78, 5) is 16.6. The lowest BCUT2D eigenvalue weighted by atomic mass is 10.3. The van der Waals surface area contributed by atoms with Gasteiger partial charge in [-0.15, -0.1) is 11.3 Å². The maximum Gasteiger partial charge on any atom is 0.249 e. The molecule has 2 heterocycles. The average Bonchev–Trinajstić information content (AvgIpc) is 3.02. The number of nitrogens with one attached hydrogen (secondary N) is 1. The molecule has 3 aromatic rings. The standard InChI is InChI=1S/C14H13ClN4OS/c1-19-12-3-2-9(15)5-11(12)18-14(19)17-6-10-4-8(7-21-10)13(16)20/h2-5,7H,6H2,1H3,(H2,16,20)(H,17,18). The third kappa shape index (κ3) is 2.72. The Hall–Kier alpha value is -2.05. The zero-order chi connectivity index (χ0) is 15.0. The van der Waals surface area contributed by atoms with E-state index in [9.17, 15) is 4.79 Å². The van der Waals surface area contributed by atoms with Gasteiger partial charge in [-0.05, 0) is 24.3 Å². The number of hydrogen-bond acceptors (Lipinski definition) is 4.